The highest BCUT2D eigenvalue weighted by molar-refractivity contribution is 6.31. The summed E-state index contributed by atoms with van der Waals surface area (Å²) in [5.41, 5.74) is 0.567. The average Bonchev–Trinajstić information content (AvgIpc) is 3.17. The van der Waals surface area contributed by atoms with Gasteiger partial charge in [0.1, 0.15) is 5.75 Å². The minimum Gasteiger partial charge on any atom is -0.495 e. The fraction of sp³-hybridized carbons (Fsp3) is 0.609. The standard InChI is InChI=1S/C23H32ClN3O4/c1-31-20-10-9-18(24)15-19(20)25-21(28)11-8-17-5-2-14-27(16-17)23(30)7-4-13-26-12-3-6-22(26)29/h9-10,15,17H,2-8,11-14,16H2,1H3,(H,25,28)/t17-/m1/s1. The topological polar surface area (TPSA) is 79.0 Å². The van der Waals surface area contributed by atoms with E-state index in [-0.39, 0.29) is 17.7 Å². The van der Waals surface area contributed by atoms with E-state index in [1.54, 1.807) is 25.3 Å². The molecule has 0 bridgehead atoms. The van der Waals surface area contributed by atoms with Gasteiger partial charge in [0.05, 0.1) is 12.8 Å². The molecule has 2 heterocycles. The number of carbonyl (C=O) groups excluding carboxylic acids is 3. The van der Waals surface area contributed by atoms with E-state index < -0.39 is 0 Å². The highest BCUT2D eigenvalue weighted by Crippen LogP contribution is 2.28. The van der Waals surface area contributed by atoms with E-state index in [1.807, 2.05) is 9.80 Å². The van der Waals surface area contributed by atoms with Gasteiger partial charge in [0.15, 0.2) is 0 Å². The smallest absolute Gasteiger partial charge is 0.224 e. The number of hydrogen-bond donors (Lipinski definition) is 1. The zero-order chi connectivity index (χ0) is 22.2. The number of nitrogens with one attached hydrogen (secondary N) is 1. The molecule has 31 heavy (non-hydrogen) atoms. The molecule has 2 aliphatic rings. The Bertz CT molecular complexity index is 801. The van der Waals surface area contributed by atoms with Gasteiger partial charge in [-0.15, -0.1) is 0 Å². The number of benzene rings is 1. The molecular weight excluding hydrogens is 418 g/mol. The first-order valence-corrected chi connectivity index (χ1v) is 11.5. The molecule has 2 fully saturated rings. The number of rotatable bonds is 9. The molecule has 1 aromatic carbocycles. The quantitative estimate of drug-likeness (QED) is 0.623. The zero-order valence-electron chi connectivity index (χ0n) is 18.2. The maximum Gasteiger partial charge on any atom is 0.224 e. The lowest BCUT2D eigenvalue weighted by molar-refractivity contribution is -0.134. The Hall–Kier alpha value is -2.28. The number of amides is 3. The molecule has 0 radical (unpaired) electrons. The Morgan fingerprint density at radius 3 is 2.81 bits per heavy atom. The molecule has 0 spiro atoms. The van der Waals surface area contributed by atoms with E-state index in [1.165, 1.54) is 0 Å². The van der Waals surface area contributed by atoms with Crippen LogP contribution in [0.25, 0.3) is 0 Å². The van der Waals surface area contributed by atoms with Crippen molar-refractivity contribution in [2.24, 2.45) is 5.92 Å². The molecule has 3 amide bonds. The summed E-state index contributed by atoms with van der Waals surface area (Å²) < 4.78 is 5.27. The second-order valence-corrected chi connectivity index (χ2v) is 8.80. The van der Waals surface area contributed by atoms with Crippen molar-refractivity contribution in [3.05, 3.63) is 23.2 Å². The average molecular weight is 450 g/mol. The Morgan fingerprint density at radius 1 is 1.23 bits per heavy atom. The van der Waals surface area contributed by atoms with Crippen LogP contribution in [-0.4, -0.2) is 60.8 Å². The number of anilines is 1. The minimum atomic E-state index is -0.0840. The first-order chi connectivity index (χ1) is 15.0. The predicted octanol–water partition coefficient (Wildman–Crippen LogP) is 3.71. The minimum absolute atomic E-state index is 0.0840. The largest absolute Gasteiger partial charge is 0.495 e. The van der Waals surface area contributed by atoms with Crippen molar-refractivity contribution in [1.82, 2.24) is 9.80 Å². The Morgan fingerprint density at radius 2 is 2.06 bits per heavy atom. The van der Waals surface area contributed by atoms with Crippen molar-refractivity contribution in [1.29, 1.82) is 0 Å². The van der Waals surface area contributed by atoms with Crippen LogP contribution in [0, 0.1) is 5.92 Å². The molecule has 2 aliphatic heterocycles. The second kappa shape index (κ2) is 11.4. The Kier molecular flexibility index (Phi) is 8.58. The molecule has 0 aromatic heterocycles. The lowest BCUT2D eigenvalue weighted by Crippen LogP contribution is -2.40. The van der Waals surface area contributed by atoms with Crippen LogP contribution < -0.4 is 10.1 Å². The van der Waals surface area contributed by atoms with Gasteiger partial charge in [0, 0.05) is 50.5 Å². The van der Waals surface area contributed by atoms with E-state index in [0.29, 0.717) is 54.7 Å². The van der Waals surface area contributed by atoms with Crippen molar-refractivity contribution in [2.75, 3.05) is 38.6 Å². The van der Waals surface area contributed by atoms with Crippen LogP contribution in [0.1, 0.15) is 51.4 Å². The van der Waals surface area contributed by atoms with E-state index >= 15 is 0 Å². The van der Waals surface area contributed by atoms with Gasteiger partial charge in [-0.3, -0.25) is 14.4 Å². The summed E-state index contributed by atoms with van der Waals surface area (Å²) in [6, 6.07) is 5.11. The SMILES string of the molecule is COc1ccc(Cl)cc1NC(=O)CC[C@H]1CCCN(C(=O)CCCN2CCCC2=O)C1. The van der Waals surface area contributed by atoms with Gasteiger partial charge < -0.3 is 19.9 Å². The van der Waals surface area contributed by atoms with Gasteiger partial charge in [-0.25, -0.2) is 0 Å². The van der Waals surface area contributed by atoms with Gasteiger partial charge >= 0.3 is 0 Å². The summed E-state index contributed by atoms with van der Waals surface area (Å²) in [5, 5.41) is 3.41. The van der Waals surface area contributed by atoms with E-state index in [2.05, 4.69) is 5.32 Å². The van der Waals surface area contributed by atoms with Gasteiger partial charge in [0.25, 0.3) is 0 Å². The molecule has 0 saturated carbocycles. The van der Waals surface area contributed by atoms with Crippen molar-refractivity contribution in [3.8, 4) is 5.75 Å². The molecular formula is C23H32ClN3O4. The van der Waals surface area contributed by atoms with Crippen LogP contribution in [-0.2, 0) is 14.4 Å². The second-order valence-electron chi connectivity index (χ2n) is 8.37. The van der Waals surface area contributed by atoms with E-state index in [0.717, 1.165) is 45.2 Å². The first-order valence-electron chi connectivity index (χ1n) is 11.1. The molecule has 2 saturated heterocycles. The van der Waals surface area contributed by atoms with Gasteiger partial charge in [-0.05, 0) is 56.2 Å². The maximum absolute atomic E-state index is 12.6. The van der Waals surface area contributed by atoms with Crippen LogP contribution in [0.15, 0.2) is 18.2 Å². The Balaban J connectivity index is 1.40. The summed E-state index contributed by atoms with van der Waals surface area (Å²) in [7, 11) is 1.55. The van der Waals surface area contributed by atoms with Crippen molar-refractivity contribution < 1.29 is 19.1 Å². The Labute approximate surface area is 189 Å². The van der Waals surface area contributed by atoms with Gasteiger partial charge in [-0.2, -0.15) is 0 Å². The van der Waals surface area contributed by atoms with Crippen LogP contribution in [0.3, 0.4) is 0 Å². The zero-order valence-corrected chi connectivity index (χ0v) is 19.0. The third-order valence-electron chi connectivity index (χ3n) is 6.08. The monoisotopic (exact) mass is 449 g/mol. The molecule has 170 valence electrons. The number of hydrogen-bond acceptors (Lipinski definition) is 4. The maximum atomic E-state index is 12.6. The van der Waals surface area contributed by atoms with Crippen LogP contribution in [0.2, 0.25) is 5.02 Å². The molecule has 3 rings (SSSR count). The normalized spacial score (nSPS) is 18.9. The molecule has 1 aromatic rings. The molecule has 7 nitrogen and oxygen atoms in total. The predicted molar refractivity (Wildman–Crippen MR) is 120 cm³/mol. The summed E-state index contributed by atoms with van der Waals surface area (Å²) in [4.78, 5) is 40.5. The van der Waals surface area contributed by atoms with Gasteiger partial charge in [-0.1, -0.05) is 11.6 Å². The molecule has 1 N–H and O–H groups in total. The van der Waals surface area contributed by atoms with Crippen LogP contribution >= 0.6 is 11.6 Å². The van der Waals surface area contributed by atoms with E-state index in [9.17, 15) is 14.4 Å². The first kappa shape index (κ1) is 23.4. The third-order valence-corrected chi connectivity index (χ3v) is 6.31. The fourth-order valence-corrected chi connectivity index (χ4v) is 4.54. The number of methoxy groups -OCH3 is 1. The van der Waals surface area contributed by atoms with Crippen LogP contribution in [0.4, 0.5) is 5.69 Å². The number of halogens is 1. The number of carbonyl (C=O) groups is 3. The van der Waals surface area contributed by atoms with Crippen molar-refractivity contribution in [3.63, 3.8) is 0 Å². The fourth-order valence-electron chi connectivity index (χ4n) is 4.37. The highest BCUT2D eigenvalue weighted by atomic mass is 35.5. The number of ether oxygens (including phenoxy) is 1. The third kappa shape index (κ3) is 6.86. The van der Waals surface area contributed by atoms with Crippen molar-refractivity contribution >= 4 is 35.0 Å². The molecule has 8 heteroatoms. The molecule has 0 aliphatic carbocycles. The van der Waals surface area contributed by atoms with Crippen LogP contribution in [0.5, 0.6) is 5.75 Å². The van der Waals surface area contributed by atoms with Gasteiger partial charge in [0.2, 0.25) is 17.7 Å². The molecule has 0 unspecified atom stereocenters. The summed E-state index contributed by atoms with van der Waals surface area (Å²) in [6.07, 6.45) is 5.88. The summed E-state index contributed by atoms with van der Waals surface area (Å²) >= 11 is 6.02. The number of likely N-dealkylation sites (tertiary alicyclic amines) is 2. The molecule has 1 atom stereocenters. The van der Waals surface area contributed by atoms with Crippen molar-refractivity contribution in [2.45, 2.75) is 51.4 Å². The number of piperidine rings is 1. The lowest BCUT2D eigenvalue weighted by Gasteiger charge is -2.33. The number of nitrogens with zero attached hydrogens (tertiary/aromatic N) is 2. The summed E-state index contributed by atoms with van der Waals surface area (Å²) in [6.45, 7) is 2.98. The van der Waals surface area contributed by atoms with E-state index in [4.69, 9.17) is 16.3 Å². The lowest BCUT2D eigenvalue weighted by atomic mass is 9.93. The highest BCUT2D eigenvalue weighted by Gasteiger charge is 2.25. The summed E-state index contributed by atoms with van der Waals surface area (Å²) in [5.74, 6) is 1.18.